The molecule has 5 aromatic rings. The van der Waals surface area contributed by atoms with Gasteiger partial charge in [0.2, 0.25) is 0 Å². The summed E-state index contributed by atoms with van der Waals surface area (Å²) in [5, 5.41) is 9.38. The third-order valence-corrected chi connectivity index (χ3v) is 6.39. The van der Waals surface area contributed by atoms with E-state index < -0.39 is 0 Å². The number of nitrogens with one attached hydrogen (secondary N) is 1. The molecule has 3 aromatic heterocycles. The molecule has 3 heterocycles. The van der Waals surface area contributed by atoms with Gasteiger partial charge in [-0.15, -0.1) is 16.4 Å². The summed E-state index contributed by atoms with van der Waals surface area (Å²) < 4.78 is 8.85. The molecule has 5 rings (SSSR count). The Labute approximate surface area is 179 Å². The van der Waals surface area contributed by atoms with E-state index in [1.54, 1.807) is 11.3 Å². The van der Waals surface area contributed by atoms with Crippen LogP contribution >= 0.6 is 11.3 Å². The van der Waals surface area contributed by atoms with Gasteiger partial charge < -0.3 is 10.1 Å². The minimum absolute atomic E-state index is 0.650. The zero-order chi connectivity index (χ0) is 20.7. The normalized spacial score (nSPS) is 11.3. The van der Waals surface area contributed by atoms with Crippen molar-refractivity contribution in [2.75, 3.05) is 11.9 Å². The summed E-state index contributed by atoms with van der Waals surface area (Å²) in [6, 6.07) is 18.6. The Morgan fingerprint density at radius 1 is 1.03 bits per heavy atom. The lowest BCUT2D eigenvalue weighted by molar-refractivity contribution is 0.345. The highest BCUT2D eigenvalue weighted by Crippen LogP contribution is 2.38. The molecule has 150 valence electrons. The van der Waals surface area contributed by atoms with Crippen LogP contribution in [0.15, 0.2) is 60.8 Å². The van der Waals surface area contributed by atoms with E-state index in [0.29, 0.717) is 6.61 Å². The molecule has 0 aliphatic heterocycles. The molecule has 0 radical (unpaired) electrons. The standard InChI is InChI=1S/C24H22N4OS/c1-4-29-20-7-5-6-17-13-21(30-24(17)20)19-14-25-23-11-10-22(27-28(19)23)26-18-9-8-15(2)16(3)12-18/h5-14H,4H2,1-3H3,(H,26,27). The van der Waals surface area contributed by atoms with Crippen LogP contribution in [0.5, 0.6) is 5.75 Å². The number of rotatable bonds is 5. The summed E-state index contributed by atoms with van der Waals surface area (Å²) in [6.45, 7) is 6.88. The van der Waals surface area contributed by atoms with Crippen molar-refractivity contribution in [2.24, 2.45) is 0 Å². The molecule has 5 nitrogen and oxygen atoms in total. The van der Waals surface area contributed by atoms with E-state index in [2.05, 4.69) is 54.5 Å². The zero-order valence-corrected chi connectivity index (χ0v) is 18.0. The van der Waals surface area contributed by atoms with Gasteiger partial charge in [0.05, 0.1) is 22.4 Å². The highest BCUT2D eigenvalue weighted by atomic mass is 32.1. The number of imidazole rings is 1. The van der Waals surface area contributed by atoms with Crippen molar-refractivity contribution >= 4 is 38.6 Å². The lowest BCUT2D eigenvalue weighted by Gasteiger charge is -2.08. The first-order chi connectivity index (χ1) is 14.6. The molecule has 0 aliphatic carbocycles. The molecular weight excluding hydrogens is 392 g/mol. The molecule has 0 saturated carbocycles. The van der Waals surface area contributed by atoms with Gasteiger partial charge in [-0.3, -0.25) is 0 Å². The highest BCUT2D eigenvalue weighted by Gasteiger charge is 2.13. The van der Waals surface area contributed by atoms with E-state index in [-0.39, 0.29) is 0 Å². The first-order valence-electron chi connectivity index (χ1n) is 9.97. The monoisotopic (exact) mass is 414 g/mol. The number of aryl methyl sites for hydroxylation is 2. The van der Waals surface area contributed by atoms with Crippen LogP contribution in [-0.4, -0.2) is 21.2 Å². The van der Waals surface area contributed by atoms with Gasteiger partial charge in [-0.1, -0.05) is 18.2 Å². The fraction of sp³-hybridized carbons (Fsp3) is 0.167. The predicted octanol–water partition coefficient (Wildman–Crippen LogP) is 6.37. The largest absolute Gasteiger partial charge is 0.492 e. The first kappa shape index (κ1) is 18.6. The molecule has 1 N–H and O–H groups in total. The molecule has 0 unspecified atom stereocenters. The number of aromatic nitrogens is 3. The maximum absolute atomic E-state index is 5.80. The van der Waals surface area contributed by atoms with Gasteiger partial charge in [0.15, 0.2) is 11.5 Å². The van der Waals surface area contributed by atoms with E-state index in [1.165, 1.54) is 16.5 Å². The van der Waals surface area contributed by atoms with Crippen LogP contribution in [0.25, 0.3) is 26.3 Å². The van der Waals surface area contributed by atoms with Crippen LogP contribution in [0.2, 0.25) is 0 Å². The summed E-state index contributed by atoms with van der Waals surface area (Å²) in [6.07, 6.45) is 1.88. The summed E-state index contributed by atoms with van der Waals surface area (Å²) in [4.78, 5) is 5.66. The van der Waals surface area contributed by atoms with Crippen molar-refractivity contribution in [1.82, 2.24) is 14.6 Å². The third kappa shape index (κ3) is 3.29. The summed E-state index contributed by atoms with van der Waals surface area (Å²) in [5.41, 5.74) is 5.34. The molecule has 30 heavy (non-hydrogen) atoms. The molecule has 0 saturated heterocycles. The van der Waals surface area contributed by atoms with Gasteiger partial charge in [-0.25, -0.2) is 9.50 Å². The van der Waals surface area contributed by atoms with E-state index in [1.807, 2.05) is 41.9 Å². The van der Waals surface area contributed by atoms with E-state index in [0.717, 1.165) is 38.2 Å². The number of nitrogens with zero attached hydrogens (tertiary/aromatic N) is 3. The van der Waals surface area contributed by atoms with Gasteiger partial charge in [-0.2, -0.15) is 0 Å². The maximum Gasteiger partial charge on any atom is 0.154 e. The van der Waals surface area contributed by atoms with Gasteiger partial charge >= 0.3 is 0 Å². The number of benzene rings is 2. The van der Waals surface area contributed by atoms with Gasteiger partial charge in [0, 0.05) is 5.69 Å². The van der Waals surface area contributed by atoms with E-state index in [4.69, 9.17) is 9.84 Å². The molecule has 0 aliphatic rings. The zero-order valence-electron chi connectivity index (χ0n) is 17.1. The quantitative estimate of drug-likeness (QED) is 0.363. The van der Waals surface area contributed by atoms with Crippen LogP contribution in [0.4, 0.5) is 11.5 Å². The minimum Gasteiger partial charge on any atom is -0.492 e. The molecule has 2 aromatic carbocycles. The van der Waals surface area contributed by atoms with Gasteiger partial charge in [0.25, 0.3) is 0 Å². The van der Waals surface area contributed by atoms with Crippen molar-refractivity contribution in [1.29, 1.82) is 0 Å². The molecule has 0 fully saturated rings. The Hall–Kier alpha value is -3.38. The molecular formula is C24H22N4OS. The topological polar surface area (TPSA) is 51.5 Å². The number of anilines is 2. The third-order valence-electron chi connectivity index (χ3n) is 5.20. The lowest BCUT2D eigenvalue weighted by Crippen LogP contribution is -2.00. The van der Waals surface area contributed by atoms with Gasteiger partial charge in [0.1, 0.15) is 11.4 Å². The Balaban J connectivity index is 1.55. The Kier molecular flexibility index (Phi) is 4.64. The van der Waals surface area contributed by atoms with Crippen LogP contribution in [0.3, 0.4) is 0 Å². The Bertz CT molecular complexity index is 1370. The molecule has 6 heteroatoms. The van der Waals surface area contributed by atoms with Crippen molar-refractivity contribution in [3.05, 3.63) is 71.9 Å². The van der Waals surface area contributed by atoms with Crippen LogP contribution in [0, 0.1) is 13.8 Å². The fourth-order valence-electron chi connectivity index (χ4n) is 3.51. The van der Waals surface area contributed by atoms with Crippen LogP contribution < -0.4 is 10.1 Å². The summed E-state index contributed by atoms with van der Waals surface area (Å²) in [5.74, 6) is 1.70. The minimum atomic E-state index is 0.650. The van der Waals surface area contributed by atoms with Gasteiger partial charge in [-0.05, 0) is 73.7 Å². The maximum atomic E-state index is 5.80. The smallest absolute Gasteiger partial charge is 0.154 e. The van der Waals surface area contributed by atoms with Crippen LogP contribution in [-0.2, 0) is 0 Å². The average molecular weight is 415 g/mol. The first-order valence-corrected chi connectivity index (χ1v) is 10.8. The molecule has 0 atom stereocenters. The molecule has 0 spiro atoms. The second kappa shape index (κ2) is 7.46. The second-order valence-corrected chi connectivity index (χ2v) is 8.33. The molecule has 0 bridgehead atoms. The number of fused-ring (bicyclic) bond motifs is 2. The highest BCUT2D eigenvalue weighted by molar-refractivity contribution is 7.22. The number of hydrogen-bond acceptors (Lipinski definition) is 5. The molecule has 0 amide bonds. The fourth-order valence-corrected chi connectivity index (χ4v) is 4.63. The van der Waals surface area contributed by atoms with Crippen molar-refractivity contribution < 1.29 is 4.74 Å². The number of ether oxygens (including phenoxy) is 1. The van der Waals surface area contributed by atoms with Crippen LogP contribution in [0.1, 0.15) is 18.1 Å². The Morgan fingerprint density at radius 3 is 2.77 bits per heavy atom. The lowest BCUT2D eigenvalue weighted by atomic mass is 10.1. The summed E-state index contributed by atoms with van der Waals surface area (Å²) >= 11 is 1.70. The summed E-state index contributed by atoms with van der Waals surface area (Å²) in [7, 11) is 0. The Morgan fingerprint density at radius 2 is 1.93 bits per heavy atom. The van der Waals surface area contributed by atoms with Crippen molar-refractivity contribution in [2.45, 2.75) is 20.8 Å². The second-order valence-electron chi connectivity index (χ2n) is 7.27. The number of hydrogen-bond donors (Lipinski definition) is 1. The van der Waals surface area contributed by atoms with Crippen molar-refractivity contribution in [3.8, 4) is 16.3 Å². The number of thiophene rings is 1. The average Bonchev–Trinajstić information content (AvgIpc) is 3.35. The van der Waals surface area contributed by atoms with E-state index >= 15 is 0 Å². The SMILES string of the molecule is CCOc1cccc2cc(-c3cnc4ccc(Nc5ccc(C)c(C)c5)nn34)sc12. The van der Waals surface area contributed by atoms with Crippen molar-refractivity contribution in [3.63, 3.8) is 0 Å². The van der Waals surface area contributed by atoms with E-state index in [9.17, 15) is 0 Å². The predicted molar refractivity (Wildman–Crippen MR) is 124 cm³/mol.